The van der Waals surface area contributed by atoms with Crippen molar-refractivity contribution >= 4 is 28.7 Å². The number of benzene rings is 1. The third-order valence-electron chi connectivity index (χ3n) is 3.24. The summed E-state index contributed by atoms with van der Waals surface area (Å²) in [6.07, 6.45) is 3.79. The van der Waals surface area contributed by atoms with Gasteiger partial charge in [0.05, 0.1) is 17.4 Å². The molecule has 1 aliphatic heterocycles. The SMILES string of the molecule is O=C(NC1CCSCC1)c1ccc2nc[nH]c2c1. The average molecular weight is 261 g/mol. The molecule has 0 saturated carbocycles. The first kappa shape index (κ1) is 11.6. The molecule has 1 saturated heterocycles. The number of aromatic amines is 1. The van der Waals surface area contributed by atoms with E-state index in [0.717, 1.165) is 35.4 Å². The van der Waals surface area contributed by atoms with E-state index in [0.29, 0.717) is 11.6 Å². The van der Waals surface area contributed by atoms with Crippen molar-refractivity contribution < 1.29 is 4.79 Å². The van der Waals surface area contributed by atoms with Crippen LogP contribution in [0.2, 0.25) is 0 Å². The smallest absolute Gasteiger partial charge is 0.251 e. The highest BCUT2D eigenvalue weighted by atomic mass is 32.2. The fourth-order valence-electron chi connectivity index (χ4n) is 2.19. The fraction of sp³-hybridized carbons (Fsp3) is 0.385. The molecule has 1 aliphatic rings. The summed E-state index contributed by atoms with van der Waals surface area (Å²) in [4.78, 5) is 19.3. The van der Waals surface area contributed by atoms with Crippen molar-refractivity contribution in [2.75, 3.05) is 11.5 Å². The first-order valence-electron chi connectivity index (χ1n) is 6.15. The van der Waals surface area contributed by atoms with Crippen LogP contribution in [-0.2, 0) is 0 Å². The average Bonchev–Trinajstić information content (AvgIpc) is 2.87. The van der Waals surface area contributed by atoms with Crippen LogP contribution in [0, 0.1) is 0 Å². The number of amides is 1. The van der Waals surface area contributed by atoms with Gasteiger partial charge in [0, 0.05) is 11.6 Å². The zero-order chi connectivity index (χ0) is 12.4. The summed E-state index contributed by atoms with van der Waals surface area (Å²) >= 11 is 1.96. The van der Waals surface area contributed by atoms with Gasteiger partial charge in [-0.2, -0.15) is 11.8 Å². The molecule has 0 aliphatic carbocycles. The molecule has 1 aromatic carbocycles. The van der Waals surface area contributed by atoms with Gasteiger partial charge in [-0.1, -0.05) is 0 Å². The van der Waals surface area contributed by atoms with Crippen molar-refractivity contribution in [2.24, 2.45) is 0 Å². The van der Waals surface area contributed by atoms with Crippen molar-refractivity contribution in [3.8, 4) is 0 Å². The highest BCUT2D eigenvalue weighted by molar-refractivity contribution is 7.99. The van der Waals surface area contributed by atoms with Crippen LogP contribution in [0.4, 0.5) is 0 Å². The molecule has 2 N–H and O–H groups in total. The summed E-state index contributed by atoms with van der Waals surface area (Å²) in [7, 11) is 0. The fourth-order valence-corrected chi connectivity index (χ4v) is 3.29. The van der Waals surface area contributed by atoms with Crippen molar-refractivity contribution in [1.82, 2.24) is 15.3 Å². The van der Waals surface area contributed by atoms with Crippen LogP contribution in [-0.4, -0.2) is 33.4 Å². The number of nitrogens with zero attached hydrogens (tertiary/aromatic N) is 1. The molecule has 0 unspecified atom stereocenters. The third kappa shape index (κ3) is 2.36. The Morgan fingerprint density at radius 3 is 3.06 bits per heavy atom. The highest BCUT2D eigenvalue weighted by Gasteiger charge is 2.17. The quantitative estimate of drug-likeness (QED) is 0.871. The Morgan fingerprint density at radius 1 is 1.39 bits per heavy atom. The summed E-state index contributed by atoms with van der Waals surface area (Å²) in [5.74, 6) is 2.30. The molecule has 5 heteroatoms. The zero-order valence-electron chi connectivity index (χ0n) is 9.98. The van der Waals surface area contributed by atoms with E-state index in [-0.39, 0.29) is 5.91 Å². The third-order valence-corrected chi connectivity index (χ3v) is 4.29. The number of fused-ring (bicyclic) bond motifs is 1. The van der Waals surface area contributed by atoms with Crippen LogP contribution in [0.3, 0.4) is 0 Å². The Hall–Kier alpha value is -1.49. The standard InChI is InChI=1S/C13H15N3OS/c17-13(16-10-3-5-18-6-4-10)9-1-2-11-12(7-9)15-8-14-11/h1-2,7-8,10H,3-6H2,(H,14,15)(H,16,17). The van der Waals surface area contributed by atoms with Gasteiger partial charge < -0.3 is 10.3 Å². The number of carbonyl (C=O) groups excluding carboxylic acids is 1. The van der Waals surface area contributed by atoms with Crippen LogP contribution < -0.4 is 5.32 Å². The molecule has 2 aromatic rings. The first-order chi connectivity index (χ1) is 8.83. The lowest BCUT2D eigenvalue weighted by atomic mass is 10.1. The predicted molar refractivity (Wildman–Crippen MR) is 73.9 cm³/mol. The number of hydrogen-bond donors (Lipinski definition) is 2. The number of imidazole rings is 1. The van der Waals surface area contributed by atoms with Crippen LogP contribution in [0.1, 0.15) is 23.2 Å². The molecule has 3 rings (SSSR count). The Labute approximate surface area is 110 Å². The van der Waals surface area contributed by atoms with E-state index in [9.17, 15) is 4.79 Å². The Morgan fingerprint density at radius 2 is 2.22 bits per heavy atom. The molecule has 4 nitrogen and oxygen atoms in total. The molecule has 1 fully saturated rings. The second kappa shape index (κ2) is 5.02. The Kier molecular flexibility index (Phi) is 3.23. The first-order valence-corrected chi connectivity index (χ1v) is 7.30. The molecule has 0 radical (unpaired) electrons. The number of H-pyrrole nitrogens is 1. The summed E-state index contributed by atoms with van der Waals surface area (Å²) in [5, 5.41) is 3.11. The molecular formula is C13H15N3OS. The van der Waals surface area contributed by atoms with Crippen LogP contribution in [0.5, 0.6) is 0 Å². The molecule has 0 bridgehead atoms. The largest absolute Gasteiger partial charge is 0.349 e. The van der Waals surface area contributed by atoms with Crippen LogP contribution >= 0.6 is 11.8 Å². The van der Waals surface area contributed by atoms with E-state index >= 15 is 0 Å². The lowest BCUT2D eigenvalue weighted by Crippen LogP contribution is -2.37. The normalized spacial score (nSPS) is 16.9. The summed E-state index contributed by atoms with van der Waals surface area (Å²) in [6, 6.07) is 5.89. The van der Waals surface area contributed by atoms with Gasteiger partial charge in [-0.25, -0.2) is 4.98 Å². The maximum atomic E-state index is 12.1. The predicted octanol–water partition coefficient (Wildman–Crippen LogP) is 2.19. The van der Waals surface area contributed by atoms with Crippen LogP contribution in [0.15, 0.2) is 24.5 Å². The van der Waals surface area contributed by atoms with Crippen molar-refractivity contribution in [2.45, 2.75) is 18.9 Å². The van der Waals surface area contributed by atoms with Crippen molar-refractivity contribution in [3.63, 3.8) is 0 Å². The summed E-state index contributed by atoms with van der Waals surface area (Å²) in [5.41, 5.74) is 2.49. The molecule has 2 heterocycles. The van der Waals surface area contributed by atoms with Crippen LogP contribution in [0.25, 0.3) is 11.0 Å². The van der Waals surface area contributed by atoms with Gasteiger partial charge in [0.25, 0.3) is 5.91 Å². The molecule has 18 heavy (non-hydrogen) atoms. The molecule has 1 amide bonds. The topological polar surface area (TPSA) is 57.8 Å². The monoisotopic (exact) mass is 261 g/mol. The molecule has 94 valence electrons. The minimum absolute atomic E-state index is 0.0170. The van der Waals surface area contributed by atoms with E-state index in [1.165, 1.54) is 0 Å². The Bertz CT molecular complexity index is 560. The van der Waals surface area contributed by atoms with Crippen molar-refractivity contribution in [1.29, 1.82) is 0 Å². The highest BCUT2D eigenvalue weighted by Crippen LogP contribution is 2.18. The molecule has 0 spiro atoms. The number of hydrogen-bond acceptors (Lipinski definition) is 3. The van der Waals surface area contributed by atoms with Gasteiger partial charge in [0.1, 0.15) is 0 Å². The zero-order valence-corrected chi connectivity index (χ0v) is 10.8. The van der Waals surface area contributed by atoms with Gasteiger partial charge >= 0.3 is 0 Å². The summed E-state index contributed by atoms with van der Waals surface area (Å²) in [6.45, 7) is 0. The lowest BCUT2D eigenvalue weighted by molar-refractivity contribution is 0.0935. The number of rotatable bonds is 2. The van der Waals surface area contributed by atoms with Gasteiger partial charge in [0.2, 0.25) is 0 Å². The number of carbonyl (C=O) groups is 1. The van der Waals surface area contributed by atoms with E-state index in [2.05, 4.69) is 15.3 Å². The second-order valence-electron chi connectivity index (χ2n) is 4.49. The van der Waals surface area contributed by atoms with Gasteiger partial charge in [-0.3, -0.25) is 4.79 Å². The van der Waals surface area contributed by atoms with Gasteiger partial charge in [-0.05, 0) is 42.5 Å². The number of nitrogens with one attached hydrogen (secondary N) is 2. The maximum absolute atomic E-state index is 12.1. The number of aromatic nitrogens is 2. The maximum Gasteiger partial charge on any atom is 0.251 e. The van der Waals surface area contributed by atoms with Gasteiger partial charge in [0.15, 0.2) is 0 Å². The van der Waals surface area contributed by atoms with E-state index in [1.807, 2.05) is 30.0 Å². The number of thioether (sulfide) groups is 1. The molecular weight excluding hydrogens is 246 g/mol. The minimum atomic E-state index is 0.0170. The summed E-state index contributed by atoms with van der Waals surface area (Å²) < 4.78 is 0. The Balaban J connectivity index is 1.74. The van der Waals surface area contributed by atoms with E-state index in [1.54, 1.807) is 6.33 Å². The van der Waals surface area contributed by atoms with E-state index < -0.39 is 0 Å². The van der Waals surface area contributed by atoms with Crippen molar-refractivity contribution in [3.05, 3.63) is 30.1 Å². The van der Waals surface area contributed by atoms with E-state index in [4.69, 9.17) is 0 Å². The lowest BCUT2D eigenvalue weighted by Gasteiger charge is -2.22. The minimum Gasteiger partial charge on any atom is -0.349 e. The second-order valence-corrected chi connectivity index (χ2v) is 5.72. The molecule has 1 aromatic heterocycles. The molecule has 0 atom stereocenters. The van der Waals surface area contributed by atoms with Gasteiger partial charge in [-0.15, -0.1) is 0 Å².